The molecule has 0 aromatic heterocycles. The van der Waals surface area contributed by atoms with Crippen molar-refractivity contribution in [3.63, 3.8) is 0 Å². The first-order chi connectivity index (χ1) is 11.1. The highest BCUT2D eigenvalue weighted by molar-refractivity contribution is 5.79. The molecule has 0 spiro atoms. The number of aliphatic imine (C=N–C) groups is 1. The van der Waals surface area contributed by atoms with Gasteiger partial charge in [0.1, 0.15) is 5.75 Å². The Kier molecular flexibility index (Phi) is 6.75. The molecule has 1 aromatic carbocycles. The van der Waals surface area contributed by atoms with Gasteiger partial charge in [0.25, 0.3) is 0 Å². The smallest absolute Gasteiger partial charge is 0.193 e. The highest BCUT2D eigenvalue weighted by Gasteiger charge is 2.18. The second kappa shape index (κ2) is 8.80. The van der Waals surface area contributed by atoms with Crippen LogP contribution in [0.15, 0.2) is 29.3 Å². The van der Waals surface area contributed by atoms with Crippen LogP contribution in [0, 0.1) is 5.92 Å². The molecular weight excluding hydrogens is 286 g/mol. The van der Waals surface area contributed by atoms with Gasteiger partial charge in [-0.25, -0.2) is 0 Å². The van der Waals surface area contributed by atoms with Crippen LogP contribution in [0.2, 0.25) is 0 Å². The van der Waals surface area contributed by atoms with Crippen molar-refractivity contribution in [2.75, 3.05) is 26.7 Å². The van der Waals surface area contributed by atoms with E-state index >= 15 is 0 Å². The predicted octanol–water partition coefficient (Wildman–Crippen LogP) is 3.32. The summed E-state index contributed by atoms with van der Waals surface area (Å²) in [6, 6.07) is 8.39. The first-order valence-corrected chi connectivity index (χ1v) is 8.79. The lowest BCUT2D eigenvalue weighted by molar-refractivity contribution is 0.242. The molecular formula is C19H31N3O. The number of piperidine rings is 1. The lowest BCUT2D eigenvalue weighted by atomic mass is 10.00. The Labute approximate surface area is 140 Å². The number of nitrogens with one attached hydrogen (secondary N) is 1. The first-order valence-electron chi connectivity index (χ1n) is 8.79. The van der Waals surface area contributed by atoms with Crippen molar-refractivity contribution >= 4 is 5.96 Å². The average molecular weight is 317 g/mol. The summed E-state index contributed by atoms with van der Waals surface area (Å²) in [6.45, 7) is 9.56. The lowest BCUT2D eigenvalue weighted by Crippen LogP contribution is -2.45. The number of ether oxygens (including phenoxy) is 1. The van der Waals surface area contributed by atoms with Crippen LogP contribution < -0.4 is 10.1 Å². The van der Waals surface area contributed by atoms with Gasteiger partial charge in [0.05, 0.1) is 6.10 Å². The van der Waals surface area contributed by atoms with Crippen molar-refractivity contribution < 1.29 is 4.74 Å². The average Bonchev–Trinajstić information content (AvgIpc) is 2.54. The maximum atomic E-state index is 5.68. The number of guanidine groups is 1. The number of rotatable bonds is 5. The molecule has 4 nitrogen and oxygen atoms in total. The molecule has 0 bridgehead atoms. The molecule has 2 rings (SSSR count). The van der Waals surface area contributed by atoms with Gasteiger partial charge in [-0.15, -0.1) is 0 Å². The molecule has 1 heterocycles. The summed E-state index contributed by atoms with van der Waals surface area (Å²) in [6.07, 6.45) is 3.74. The zero-order valence-corrected chi connectivity index (χ0v) is 15.0. The van der Waals surface area contributed by atoms with Crippen LogP contribution in [-0.4, -0.2) is 43.6 Å². The fourth-order valence-electron chi connectivity index (χ4n) is 2.88. The minimum atomic E-state index is 0.220. The van der Waals surface area contributed by atoms with Crippen LogP contribution >= 0.6 is 0 Å². The van der Waals surface area contributed by atoms with E-state index in [0.29, 0.717) is 0 Å². The van der Waals surface area contributed by atoms with Gasteiger partial charge >= 0.3 is 0 Å². The fourth-order valence-corrected chi connectivity index (χ4v) is 2.88. The number of benzene rings is 1. The fraction of sp³-hybridized carbons (Fsp3) is 0.632. The molecule has 0 atom stereocenters. The third kappa shape index (κ3) is 5.77. The Morgan fingerprint density at radius 2 is 1.91 bits per heavy atom. The Hall–Kier alpha value is -1.71. The molecule has 1 aromatic rings. The molecule has 23 heavy (non-hydrogen) atoms. The molecule has 0 aliphatic carbocycles. The van der Waals surface area contributed by atoms with E-state index in [2.05, 4.69) is 46.4 Å². The molecule has 1 saturated heterocycles. The largest absolute Gasteiger partial charge is 0.491 e. The second-order valence-electron chi connectivity index (χ2n) is 6.70. The van der Waals surface area contributed by atoms with Crippen LogP contribution in [0.4, 0.5) is 0 Å². The number of nitrogens with zero attached hydrogens (tertiary/aromatic N) is 2. The van der Waals surface area contributed by atoms with E-state index in [1.165, 1.54) is 18.4 Å². The number of hydrogen-bond acceptors (Lipinski definition) is 2. The molecule has 1 N–H and O–H groups in total. The minimum absolute atomic E-state index is 0.220. The number of likely N-dealkylation sites (tertiary alicyclic amines) is 1. The van der Waals surface area contributed by atoms with Crippen LogP contribution in [0.25, 0.3) is 0 Å². The maximum Gasteiger partial charge on any atom is 0.193 e. The van der Waals surface area contributed by atoms with Crippen molar-refractivity contribution in [1.82, 2.24) is 10.2 Å². The lowest BCUT2D eigenvalue weighted by Gasteiger charge is -2.32. The van der Waals surface area contributed by atoms with E-state index in [1.807, 2.05) is 20.9 Å². The molecule has 0 radical (unpaired) electrons. The SMILES string of the molecule is CN=C(NCCc1ccc(OC(C)C)cc1)N1CCC(C)CC1. The van der Waals surface area contributed by atoms with Crippen LogP contribution in [0.5, 0.6) is 5.75 Å². The van der Waals surface area contributed by atoms with Gasteiger partial charge in [-0.05, 0) is 56.7 Å². The normalized spacial score (nSPS) is 16.7. The summed E-state index contributed by atoms with van der Waals surface area (Å²) in [4.78, 5) is 6.80. The van der Waals surface area contributed by atoms with Gasteiger partial charge in [0, 0.05) is 26.7 Å². The zero-order chi connectivity index (χ0) is 16.7. The van der Waals surface area contributed by atoms with E-state index in [4.69, 9.17) is 4.74 Å². The van der Waals surface area contributed by atoms with Gasteiger partial charge in [-0.2, -0.15) is 0 Å². The molecule has 128 valence electrons. The van der Waals surface area contributed by atoms with E-state index in [0.717, 1.165) is 43.7 Å². The Morgan fingerprint density at radius 1 is 1.26 bits per heavy atom. The summed E-state index contributed by atoms with van der Waals surface area (Å²) < 4.78 is 5.68. The van der Waals surface area contributed by atoms with Crippen molar-refractivity contribution in [3.05, 3.63) is 29.8 Å². The van der Waals surface area contributed by atoms with Gasteiger partial charge in [-0.1, -0.05) is 19.1 Å². The maximum absolute atomic E-state index is 5.68. The van der Waals surface area contributed by atoms with E-state index in [9.17, 15) is 0 Å². The minimum Gasteiger partial charge on any atom is -0.491 e. The topological polar surface area (TPSA) is 36.9 Å². The first kappa shape index (κ1) is 17.6. The molecule has 4 heteroatoms. The van der Waals surface area contributed by atoms with Crippen molar-refractivity contribution in [3.8, 4) is 5.75 Å². The summed E-state index contributed by atoms with van der Waals surface area (Å²) in [7, 11) is 1.87. The molecule has 0 saturated carbocycles. The summed E-state index contributed by atoms with van der Waals surface area (Å²) in [5.74, 6) is 2.82. The molecule has 1 aliphatic heterocycles. The van der Waals surface area contributed by atoms with Crippen LogP contribution in [0.3, 0.4) is 0 Å². The Bertz CT molecular complexity index is 488. The van der Waals surface area contributed by atoms with E-state index < -0.39 is 0 Å². The van der Waals surface area contributed by atoms with Gasteiger partial charge in [0.15, 0.2) is 5.96 Å². The van der Waals surface area contributed by atoms with Gasteiger partial charge in [-0.3, -0.25) is 4.99 Å². The Balaban J connectivity index is 1.77. The summed E-state index contributed by atoms with van der Waals surface area (Å²) >= 11 is 0. The van der Waals surface area contributed by atoms with Crippen LogP contribution in [0.1, 0.15) is 39.2 Å². The second-order valence-corrected chi connectivity index (χ2v) is 6.70. The third-order valence-electron chi connectivity index (χ3n) is 4.29. The quantitative estimate of drug-likeness (QED) is 0.668. The predicted molar refractivity (Wildman–Crippen MR) is 97.2 cm³/mol. The van der Waals surface area contributed by atoms with Gasteiger partial charge < -0.3 is 15.0 Å². The van der Waals surface area contributed by atoms with Crippen molar-refractivity contribution in [1.29, 1.82) is 0 Å². The van der Waals surface area contributed by atoms with Crippen molar-refractivity contribution in [2.24, 2.45) is 10.9 Å². The highest BCUT2D eigenvalue weighted by Crippen LogP contribution is 2.16. The number of hydrogen-bond donors (Lipinski definition) is 1. The molecule has 0 amide bonds. The molecule has 1 fully saturated rings. The highest BCUT2D eigenvalue weighted by atomic mass is 16.5. The van der Waals surface area contributed by atoms with Crippen molar-refractivity contribution in [2.45, 2.75) is 46.1 Å². The molecule has 0 unspecified atom stereocenters. The third-order valence-corrected chi connectivity index (χ3v) is 4.29. The zero-order valence-electron chi connectivity index (χ0n) is 15.0. The summed E-state index contributed by atoms with van der Waals surface area (Å²) in [5.41, 5.74) is 1.32. The molecule has 1 aliphatic rings. The monoisotopic (exact) mass is 317 g/mol. The summed E-state index contributed by atoms with van der Waals surface area (Å²) in [5, 5.41) is 3.49. The van der Waals surface area contributed by atoms with Crippen LogP contribution in [-0.2, 0) is 6.42 Å². The van der Waals surface area contributed by atoms with E-state index in [-0.39, 0.29) is 6.10 Å². The Morgan fingerprint density at radius 3 is 2.48 bits per heavy atom. The standard InChI is InChI=1S/C19H31N3O/c1-15(2)23-18-7-5-17(6-8-18)9-12-21-19(20-4)22-13-10-16(3)11-14-22/h5-8,15-16H,9-14H2,1-4H3,(H,20,21). The van der Waals surface area contributed by atoms with Gasteiger partial charge in [0.2, 0.25) is 0 Å². The van der Waals surface area contributed by atoms with E-state index in [1.54, 1.807) is 0 Å².